The molecule has 5 saturated heterocycles. The van der Waals surface area contributed by atoms with Gasteiger partial charge in [0.1, 0.15) is 79.4 Å². The number of unbranched alkanes of at least 4 members (excludes halogenated alkanes) is 2. The molecule has 0 aliphatic carbocycles. The van der Waals surface area contributed by atoms with Crippen molar-refractivity contribution in [3.05, 3.63) is 0 Å². The van der Waals surface area contributed by atoms with Crippen molar-refractivity contribution in [2.75, 3.05) is 59.3 Å². The molecular weight excluding hydrogens is 840 g/mol. The number of ether oxygens (including phenoxy) is 8. The van der Waals surface area contributed by atoms with Crippen molar-refractivity contribution in [1.29, 1.82) is 0 Å². The molecule has 25 heteroatoms. The van der Waals surface area contributed by atoms with Gasteiger partial charge < -0.3 is 98.9 Å². The van der Waals surface area contributed by atoms with E-state index in [9.17, 15) is 70.6 Å². The average molecular weight is 903 g/mol. The molecule has 0 spiro atoms. The van der Waals surface area contributed by atoms with E-state index >= 15 is 0 Å². The number of hydroxylamine groups is 2. The summed E-state index contributed by atoms with van der Waals surface area (Å²) in [5, 5.41) is 115. The quantitative estimate of drug-likeness (QED) is 0.0355. The highest BCUT2D eigenvalue weighted by Gasteiger charge is 2.52. The lowest BCUT2D eigenvalue weighted by molar-refractivity contribution is -0.366. The number of aliphatic hydroxyl groups excluding tert-OH is 11. The highest BCUT2D eigenvalue weighted by molar-refractivity contribution is 6.01. The Morgan fingerprint density at radius 1 is 0.629 bits per heavy atom. The van der Waals surface area contributed by atoms with E-state index in [2.05, 4.69) is 0 Å². The number of rotatable bonds is 22. The topological polar surface area (TPSA) is 363 Å². The summed E-state index contributed by atoms with van der Waals surface area (Å²) in [7, 11) is 0. The number of hydrogen-bond acceptors (Lipinski definition) is 24. The Kier molecular flexibility index (Phi) is 20.0. The molecule has 5 rings (SSSR count). The Morgan fingerprint density at radius 3 is 1.81 bits per heavy atom. The second-order valence-electron chi connectivity index (χ2n) is 15.7. The molecule has 2 amide bonds. The van der Waals surface area contributed by atoms with Gasteiger partial charge in [0.15, 0.2) is 25.2 Å². The Hall–Kier alpha value is -2.19. The summed E-state index contributed by atoms with van der Waals surface area (Å²) < 4.78 is 45.3. The van der Waals surface area contributed by atoms with Gasteiger partial charge in [0, 0.05) is 39.0 Å². The molecular formula is C37H62N2O23. The first kappa shape index (κ1) is 50.8. The lowest BCUT2D eigenvalue weighted by atomic mass is 9.96. The van der Waals surface area contributed by atoms with E-state index in [-0.39, 0.29) is 39.0 Å². The van der Waals surface area contributed by atoms with Crippen LogP contribution in [0.15, 0.2) is 0 Å². The van der Waals surface area contributed by atoms with Crippen LogP contribution < -0.4 is 0 Å². The molecule has 0 aromatic rings. The van der Waals surface area contributed by atoms with Gasteiger partial charge in [-0.1, -0.05) is 6.42 Å². The Morgan fingerprint density at radius 2 is 1.19 bits per heavy atom. The van der Waals surface area contributed by atoms with Crippen molar-refractivity contribution in [2.24, 2.45) is 0 Å². The first-order chi connectivity index (χ1) is 29.6. The van der Waals surface area contributed by atoms with E-state index in [4.69, 9.17) is 42.7 Å². The van der Waals surface area contributed by atoms with Gasteiger partial charge >= 0.3 is 5.97 Å². The van der Waals surface area contributed by atoms with Crippen molar-refractivity contribution in [1.82, 2.24) is 9.96 Å². The smallest absolute Gasteiger partial charge is 0.333 e. The van der Waals surface area contributed by atoms with Crippen molar-refractivity contribution in [3.8, 4) is 0 Å². The summed E-state index contributed by atoms with van der Waals surface area (Å²) in [6.07, 6.45) is -24.4. The molecule has 17 atom stereocenters. The molecule has 5 heterocycles. The zero-order valence-electron chi connectivity index (χ0n) is 34.0. The van der Waals surface area contributed by atoms with E-state index in [0.717, 1.165) is 0 Å². The minimum atomic E-state index is -1.92. The fourth-order valence-corrected chi connectivity index (χ4v) is 7.48. The summed E-state index contributed by atoms with van der Waals surface area (Å²) in [5.74, 6) is -1.88. The van der Waals surface area contributed by atoms with Crippen LogP contribution in [0.25, 0.3) is 0 Å². The number of carbonyl (C=O) groups excluding carboxylic acids is 3. The van der Waals surface area contributed by atoms with Gasteiger partial charge in [-0.15, -0.1) is 5.06 Å². The summed E-state index contributed by atoms with van der Waals surface area (Å²) in [6.45, 7) is -0.840. The van der Waals surface area contributed by atoms with Crippen LogP contribution in [0.5, 0.6) is 0 Å². The maximum Gasteiger partial charge on any atom is 0.333 e. The molecule has 11 N–H and O–H groups in total. The van der Waals surface area contributed by atoms with Gasteiger partial charge in [-0.2, -0.15) is 0 Å². The molecule has 0 aromatic carbocycles. The standard InChI is InChI=1S/C37H62N2O23/c40-15-19-25(46)28(49)30(51)35(58-19)57-17-21-27(48)33(61-37-31(52)29(50)26(47)20(16-41)59-37)32(53)36(60-21)56-14-11-38(10-13-55-34-18(42)5-4-12-54-34)9-3-1-2-6-24(45)62-39-22(43)7-8-23(39)44/h18-21,25-37,40-42,46-53H,1-17H2/t18?,19?,20?,21?,25-,26-,27-,28?,29?,30?,31?,32?,33?,34?,35+,36+,37-/m1/s1. The van der Waals surface area contributed by atoms with Crippen molar-refractivity contribution >= 4 is 17.8 Å². The molecule has 358 valence electrons. The van der Waals surface area contributed by atoms with Crippen LogP contribution in [-0.4, -0.2) is 248 Å². The van der Waals surface area contributed by atoms with Crippen LogP contribution >= 0.6 is 0 Å². The Balaban J connectivity index is 1.21. The fraction of sp³-hybridized carbons (Fsp3) is 0.919. The minimum absolute atomic E-state index is 0.0218. The first-order valence-electron chi connectivity index (χ1n) is 20.9. The molecule has 62 heavy (non-hydrogen) atoms. The van der Waals surface area contributed by atoms with Crippen LogP contribution in [0, 0.1) is 0 Å². The van der Waals surface area contributed by atoms with Crippen LogP contribution in [0.4, 0.5) is 0 Å². The molecule has 0 saturated carbocycles. The van der Waals surface area contributed by atoms with Gasteiger partial charge in [-0.05, 0) is 32.2 Å². The van der Waals surface area contributed by atoms with Gasteiger partial charge in [0.2, 0.25) is 0 Å². The van der Waals surface area contributed by atoms with Gasteiger partial charge in [0.05, 0.1) is 33.0 Å². The van der Waals surface area contributed by atoms with Crippen LogP contribution in [-0.2, 0) is 57.1 Å². The summed E-state index contributed by atoms with van der Waals surface area (Å²) in [4.78, 5) is 42.6. The summed E-state index contributed by atoms with van der Waals surface area (Å²) >= 11 is 0. The molecule has 0 radical (unpaired) electrons. The number of carbonyl (C=O) groups is 3. The molecule has 5 aliphatic rings. The van der Waals surface area contributed by atoms with Crippen LogP contribution in [0.3, 0.4) is 0 Å². The Labute approximate surface area is 356 Å². The maximum atomic E-state index is 12.3. The number of imide groups is 1. The lowest BCUT2D eigenvalue weighted by Crippen LogP contribution is -2.65. The predicted octanol–water partition coefficient (Wildman–Crippen LogP) is -6.57. The molecule has 5 fully saturated rings. The highest BCUT2D eigenvalue weighted by atomic mass is 16.8. The first-order valence-corrected chi connectivity index (χ1v) is 20.9. The minimum Gasteiger partial charge on any atom is -0.394 e. The van der Waals surface area contributed by atoms with Crippen LogP contribution in [0.1, 0.15) is 51.4 Å². The molecule has 5 aliphatic heterocycles. The normalized spacial score (nSPS) is 39.4. The number of aliphatic hydroxyl groups is 11. The van der Waals surface area contributed by atoms with E-state index in [1.165, 1.54) is 0 Å². The summed E-state index contributed by atoms with van der Waals surface area (Å²) in [6, 6.07) is 0. The third-order valence-corrected chi connectivity index (χ3v) is 11.2. The second kappa shape index (κ2) is 24.4. The zero-order valence-corrected chi connectivity index (χ0v) is 34.0. The average Bonchev–Trinajstić information content (AvgIpc) is 3.57. The fourth-order valence-electron chi connectivity index (χ4n) is 7.48. The van der Waals surface area contributed by atoms with E-state index in [0.29, 0.717) is 56.9 Å². The SMILES string of the molecule is O=C(CCCCCN(CCOC1OCCCC1O)CCO[C@H]1OC(CO[C@H]2OC(CO)[C@@H](O)C(O)C2O)[C@@H](O)C(O[C@H]2OC(CO)[C@@H](O)C(O)C2O)C1O)ON1C(=O)CCC1=O. The van der Waals surface area contributed by atoms with E-state index in [1.807, 2.05) is 4.90 Å². The molecule has 0 bridgehead atoms. The van der Waals surface area contributed by atoms with Crippen molar-refractivity contribution < 1.29 is 113 Å². The largest absolute Gasteiger partial charge is 0.394 e. The highest BCUT2D eigenvalue weighted by Crippen LogP contribution is 2.31. The van der Waals surface area contributed by atoms with Crippen LogP contribution in [0.2, 0.25) is 0 Å². The van der Waals surface area contributed by atoms with Gasteiger partial charge in [-0.3, -0.25) is 14.5 Å². The van der Waals surface area contributed by atoms with E-state index < -0.39 is 142 Å². The monoisotopic (exact) mass is 902 g/mol. The third-order valence-electron chi connectivity index (χ3n) is 11.2. The van der Waals surface area contributed by atoms with Crippen molar-refractivity contribution in [3.63, 3.8) is 0 Å². The van der Waals surface area contributed by atoms with Crippen molar-refractivity contribution in [2.45, 2.75) is 156 Å². The second-order valence-corrected chi connectivity index (χ2v) is 15.7. The molecule has 11 unspecified atom stereocenters. The predicted molar refractivity (Wildman–Crippen MR) is 198 cm³/mol. The Bertz CT molecular complexity index is 1380. The summed E-state index contributed by atoms with van der Waals surface area (Å²) in [5.41, 5.74) is 0. The zero-order chi connectivity index (χ0) is 45.1. The van der Waals surface area contributed by atoms with Gasteiger partial charge in [0.25, 0.3) is 11.8 Å². The lowest BCUT2D eigenvalue weighted by Gasteiger charge is -2.46. The van der Waals surface area contributed by atoms with Gasteiger partial charge in [-0.25, -0.2) is 4.79 Å². The number of amides is 2. The third kappa shape index (κ3) is 13.2. The molecule has 25 nitrogen and oxygen atoms in total. The maximum absolute atomic E-state index is 12.3. The number of hydrogen-bond donors (Lipinski definition) is 11. The number of nitrogens with zero attached hydrogens (tertiary/aromatic N) is 2. The van der Waals surface area contributed by atoms with E-state index in [1.54, 1.807) is 0 Å². The molecule has 0 aromatic heterocycles.